The van der Waals surface area contributed by atoms with Gasteiger partial charge in [0.25, 0.3) is 0 Å². The van der Waals surface area contributed by atoms with Crippen molar-refractivity contribution in [3.8, 4) is 0 Å². The molecule has 1 unspecified atom stereocenters. The molecule has 2 aliphatic heterocycles. The van der Waals surface area contributed by atoms with Crippen LogP contribution in [0.1, 0.15) is 27.2 Å². The molecule has 2 heterocycles. The summed E-state index contributed by atoms with van der Waals surface area (Å²) in [4.78, 5) is 23.0. The summed E-state index contributed by atoms with van der Waals surface area (Å²) >= 11 is 0. The molecule has 0 aromatic heterocycles. The van der Waals surface area contributed by atoms with E-state index < -0.39 is 42.2 Å². The predicted octanol–water partition coefficient (Wildman–Crippen LogP) is -0.707. The zero-order valence-corrected chi connectivity index (χ0v) is 12.3. The van der Waals surface area contributed by atoms with Crippen LogP contribution in [0.2, 0.25) is 0 Å². The molecule has 4 atom stereocenters. The molecule has 0 aromatic rings. The van der Waals surface area contributed by atoms with Gasteiger partial charge in [-0.25, -0.2) is 0 Å². The first-order valence-electron chi connectivity index (χ1n) is 6.93. The second kappa shape index (κ2) is 6.27. The third-order valence-electron chi connectivity index (χ3n) is 3.24. The highest BCUT2D eigenvalue weighted by molar-refractivity contribution is 5.94. The molecule has 2 aliphatic rings. The number of esters is 1. The number of fused-ring (bicyclic) bond motifs is 1. The van der Waals surface area contributed by atoms with Crippen LogP contribution in [0, 0.1) is 0 Å². The van der Waals surface area contributed by atoms with Crippen LogP contribution in [0.4, 0.5) is 0 Å². The van der Waals surface area contributed by atoms with Crippen molar-refractivity contribution >= 4 is 11.9 Å². The molecule has 2 saturated heterocycles. The van der Waals surface area contributed by atoms with Gasteiger partial charge in [-0.1, -0.05) is 0 Å². The molecule has 21 heavy (non-hydrogen) atoms. The SMILES string of the molecule is CCOC(=O)CC(=O)NC1O[C@H](CO)[C@H]2OC(C)(C)O[C@@H]12. The van der Waals surface area contributed by atoms with Crippen LogP contribution in [-0.2, 0) is 28.5 Å². The van der Waals surface area contributed by atoms with Crippen molar-refractivity contribution in [3.63, 3.8) is 0 Å². The van der Waals surface area contributed by atoms with Gasteiger partial charge in [0.05, 0.1) is 13.2 Å². The highest BCUT2D eigenvalue weighted by Gasteiger charge is 2.55. The molecule has 8 heteroatoms. The van der Waals surface area contributed by atoms with Crippen molar-refractivity contribution in [3.05, 3.63) is 0 Å². The van der Waals surface area contributed by atoms with Gasteiger partial charge in [-0.3, -0.25) is 9.59 Å². The van der Waals surface area contributed by atoms with Gasteiger partial charge in [-0.15, -0.1) is 0 Å². The van der Waals surface area contributed by atoms with Gasteiger partial charge in [0, 0.05) is 0 Å². The van der Waals surface area contributed by atoms with Gasteiger partial charge >= 0.3 is 5.97 Å². The highest BCUT2D eigenvalue weighted by atomic mass is 16.8. The van der Waals surface area contributed by atoms with Crippen LogP contribution in [0.15, 0.2) is 0 Å². The summed E-state index contributed by atoms with van der Waals surface area (Å²) in [5.74, 6) is -1.94. The summed E-state index contributed by atoms with van der Waals surface area (Å²) in [6, 6.07) is 0. The standard InChI is InChI=1S/C13H21NO7/c1-4-18-9(17)5-8(16)14-12-11-10(7(6-15)19-12)20-13(2,3)21-11/h7,10-12,15H,4-6H2,1-3H3,(H,14,16)/t7-,10-,11-,12?/m1/s1. The molecule has 2 rings (SSSR count). The Morgan fingerprint density at radius 3 is 2.57 bits per heavy atom. The number of aliphatic hydroxyl groups is 1. The maximum atomic E-state index is 11.8. The molecule has 0 saturated carbocycles. The fraction of sp³-hybridized carbons (Fsp3) is 0.846. The summed E-state index contributed by atoms with van der Waals surface area (Å²) in [5.41, 5.74) is 0. The van der Waals surface area contributed by atoms with Crippen LogP contribution in [0.5, 0.6) is 0 Å². The van der Waals surface area contributed by atoms with Crippen molar-refractivity contribution in [2.75, 3.05) is 13.2 Å². The number of hydrogen-bond donors (Lipinski definition) is 2. The molecule has 1 amide bonds. The molecular weight excluding hydrogens is 282 g/mol. The first-order chi connectivity index (χ1) is 9.86. The minimum Gasteiger partial charge on any atom is -0.466 e. The van der Waals surface area contributed by atoms with Gasteiger partial charge < -0.3 is 29.4 Å². The van der Waals surface area contributed by atoms with Crippen LogP contribution < -0.4 is 5.32 Å². The molecule has 0 aromatic carbocycles. The largest absolute Gasteiger partial charge is 0.466 e. The van der Waals surface area contributed by atoms with Crippen LogP contribution >= 0.6 is 0 Å². The molecule has 0 aliphatic carbocycles. The molecule has 0 radical (unpaired) electrons. The summed E-state index contributed by atoms with van der Waals surface area (Å²) in [6.45, 7) is 5.13. The van der Waals surface area contributed by atoms with Crippen LogP contribution in [-0.4, -0.2) is 60.5 Å². The van der Waals surface area contributed by atoms with Gasteiger partial charge in [-0.05, 0) is 20.8 Å². The third kappa shape index (κ3) is 3.70. The quantitative estimate of drug-likeness (QED) is 0.511. The Kier molecular flexibility index (Phi) is 4.82. The number of nitrogens with one attached hydrogen (secondary N) is 1. The lowest BCUT2D eigenvalue weighted by Crippen LogP contribution is -2.44. The van der Waals surface area contributed by atoms with E-state index in [1.54, 1.807) is 20.8 Å². The fourth-order valence-corrected chi connectivity index (χ4v) is 2.50. The lowest BCUT2D eigenvalue weighted by Gasteiger charge is -2.23. The van der Waals surface area contributed by atoms with Crippen LogP contribution in [0.3, 0.4) is 0 Å². The van der Waals surface area contributed by atoms with E-state index in [4.69, 9.17) is 18.9 Å². The lowest BCUT2D eigenvalue weighted by atomic mass is 10.1. The van der Waals surface area contributed by atoms with Gasteiger partial charge in [0.1, 0.15) is 24.7 Å². The van der Waals surface area contributed by atoms with Crippen LogP contribution in [0.25, 0.3) is 0 Å². The Balaban J connectivity index is 1.94. The predicted molar refractivity (Wildman–Crippen MR) is 69.0 cm³/mol. The second-order valence-corrected chi connectivity index (χ2v) is 5.39. The lowest BCUT2D eigenvalue weighted by molar-refractivity contribution is -0.194. The summed E-state index contributed by atoms with van der Waals surface area (Å²) in [5, 5.41) is 11.9. The van der Waals surface area contributed by atoms with E-state index in [1.165, 1.54) is 0 Å². The van der Waals surface area contributed by atoms with Crippen molar-refractivity contribution in [2.45, 2.75) is 57.5 Å². The Morgan fingerprint density at radius 2 is 1.95 bits per heavy atom. The third-order valence-corrected chi connectivity index (χ3v) is 3.24. The number of amides is 1. The van der Waals surface area contributed by atoms with E-state index in [1.807, 2.05) is 0 Å². The average Bonchev–Trinajstić information content (AvgIpc) is 2.84. The second-order valence-electron chi connectivity index (χ2n) is 5.39. The molecule has 120 valence electrons. The minimum atomic E-state index is -0.809. The summed E-state index contributed by atoms with van der Waals surface area (Å²) < 4.78 is 21.5. The molecule has 2 N–H and O–H groups in total. The number of ether oxygens (including phenoxy) is 4. The number of carbonyl (C=O) groups excluding carboxylic acids is 2. The highest BCUT2D eigenvalue weighted by Crippen LogP contribution is 2.37. The molecule has 2 fully saturated rings. The fourth-order valence-electron chi connectivity index (χ4n) is 2.50. The number of carbonyl (C=O) groups is 2. The first-order valence-corrected chi connectivity index (χ1v) is 6.93. The van der Waals surface area contributed by atoms with E-state index in [0.717, 1.165) is 0 Å². The number of rotatable bonds is 5. The monoisotopic (exact) mass is 303 g/mol. The van der Waals surface area contributed by atoms with Gasteiger partial charge in [-0.2, -0.15) is 0 Å². The molecule has 0 bridgehead atoms. The van der Waals surface area contributed by atoms with E-state index in [2.05, 4.69) is 5.32 Å². The van der Waals surface area contributed by atoms with Gasteiger partial charge in [0.15, 0.2) is 12.0 Å². The van der Waals surface area contributed by atoms with Gasteiger partial charge in [0.2, 0.25) is 5.91 Å². The van der Waals surface area contributed by atoms with E-state index >= 15 is 0 Å². The smallest absolute Gasteiger partial charge is 0.315 e. The summed E-state index contributed by atoms with van der Waals surface area (Å²) in [6.07, 6.45) is -2.72. The van der Waals surface area contributed by atoms with Crippen molar-refractivity contribution in [1.29, 1.82) is 0 Å². The normalized spacial score (nSPS) is 33.5. The minimum absolute atomic E-state index is 0.217. The van der Waals surface area contributed by atoms with Crippen molar-refractivity contribution < 1.29 is 33.6 Å². The maximum Gasteiger partial charge on any atom is 0.315 e. The Hall–Kier alpha value is -1.22. The zero-order valence-electron chi connectivity index (χ0n) is 12.3. The molecule has 0 spiro atoms. The van der Waals surface area contributed by atoms with E-state index in [0.29, 0.717) is 0 Å². The maximum absolute atomic E-state index is 11.8. The average molecular weight is 303 g/mol. The Bertz CT molecular complexity index is 411. The number of aliphatic hydroxyl groups excluding tert-OH is 1. The topological polar surface area (TPSA) is 103 Å². The zero-order chi connectivity index (χ0) is 15.6. The van der Waals surface area contributed by atoms with E-state index in [9.17, 15) is 14.7 Å². The first kappa shape index (κ1) is 16.2. The number of hydrogen-bond acceptors (Lipinski definition) is 7. The Labute approximate surface area is 122 Å². The Morgan fingerprint density at radius 1 is 1.29 bits per heavy atom. The van der Waals surface area contributed by atoms with E-state index in [-0.39, 0.29) is 19.6 Å². The molecular formula is C13H21NO7. The molecule has 8 nitrogen and oxygen atoms in total. The van der Waals surface area contributed by atoms with Crippen molar-refractivity contribution in [1.82, 2.24) is 5.32 Å². The summed E-state index contributed by atoms with van der Waals surface area (Å²) in [7, 11) is 0. The van der Waals surface area contributed by atoms with Crippen molar-refractivity contribution in [2.24, 2.45) is 0 Å².